The lowest BCUT2D eigenvalue weighted by molar-refractivity contribution is -0.747. The van der Waals surface area contributed by atoms with Crippen LogP contribution >= 0.6 is 0 Å². The minimum atomic E-state index is -0.245. The van der Waals surface area contributed by atoms with Crippen LogP contribution < -0.4 is 22.3 Å². The van der Waals surface area contributed by atoms with E-state index in [1.807, 2.05) is 5.32 Å². The molecule has 0 amide bonds. The van der Waals surface area contributed by atoms with E-state index in [-0.39, 0.29) is 23.2 Å². The Morgan fingerprint density at radius 1 is 1.44 bits per heavy atom. The van der Waals surface area contributed by atoms with Gasteiger partial charge in [0.1, 0.15) is 0 Å². The predicted octanol–water partition coefficient (Wildman–Crippen LogP) is -3.31. The van der Waals surface area contributed by atoms with Crippen molar-refractivity contribution < 1.29 is 27.4 Å². The normalized spacial score (nSPS) is 16.0. The Morgan fingerprint density at radius 3 is 2.00 bits per heavy atom. The van der Waals surface area contributed by atoms with E-state index >= 15 is 0 Å². The molecule has 2 unspecified atom stereocenters. The molecule has 0 fully saturated rings. The number of aliphatic hydroxyl groups is 1. The molecule has 0 aromatic rings. The SMILES string of the molecule is CCC(C)[NH2+]C(C)O.[Br-]. The number of halogens is 1. The Kier molecular flexibility index (Phi) is 8.77. The average molecular weight is 198 g/mol. The van der Waals surface area contributed by atoms with Crippen molar-refractivity contribution in [3.63, 3.8) is 0 Å². The summed E-state index contributed by atoms with van der Waals surface area (Å²) in [4.78, 5) is 0. The number of quaternary nitrogens is 1. The molecule has 0 bridgehead atoms. The monoisotopic (exact) mass is 197 g/mol. The van der Waals surface area contributed by atoms with Gasteiger partial charge in [-0.2, -0.15) is 0 Å². The number of hydrogen-bond donors (Lipinski definition) is 2. The summed E-state index contributed by atoms with van der Waals surface area (Å²) in [5, 5.41) is 10.7. The van der Waals surface area contributed by atoms with E-state index in [0.29, 0.717) is 6.04 Å². The Bertz CT molecular complexity index is 59.0. The van der Waals surface area contributed by atoms with Crippen molar-refractivity contribution in [2.24, 2.45) is 0 Å². The second kappa shape index (κ2) is 6.52. The van der Waals surface area contributed by atoms with Crippen LogP contribution in [0.4, 0.5) is 0 Å². The molecule has 0 spiro atoms. The highest BCUT2D eigenvalue weighted by molar-refractivity contribution is 4.36. The number of rotatable bonds is 3. The molecule has 0 saturated heterocycles. The maximum atomic E-state index is 8.80. The lowest BCUT2D eigenvalue weighted by atomic mass is 10.2. The van der Waals surface area contributed by atoms with Gasteiger partial charge in [-0.25, -0.2) is 0 Å². The zero-order valence-electron chi connectivity index (χ0n) is 6.26. The van der Waals surface area contributed by atoms with Crippen molar-refractivity contribution in [2.45, 2.75) is 39.5 Å². The lowest BCUT2D eigenvalue weighted by Crippen LogP contribution is -3.00. The van der Waals surface area contributed by atoms with Crippen molar-refractivity contribution >= 4 is 0 Å². The van der Waals surface area contributed by atoms with Crippen LogP contribution in [0.25, 0.3) is 0 Å². The van der Waals surface area contributed by atoms with Crippen LogP contribution in [-0.4, -0.2) is 17.4 Å². The molecule has 0 heterocycles. The predicted molar refractivity (Wildman–Crippen MR) is 33.4 cm³/mol. The first-order valence-electron chi connectivity index (χ1n) is 3.19. The van der Waals surface area contributed by atoms with Gasteiger partial charge in [-0.1, -0.05) is 6.92 Å². The topological polar surface area (TPSA) is 36.8 Å². The molecule has 58 valence electrons. The first-order chi connectivity index (χ1) is 3.66. The molecular weight excluding hydrogens is 182 g/mol. The van der Waals surface area contributed by atoms with Crippen molar-refractivity contribution in [3.05, 3.63) is 0 Å². The van der Waals surface area contributed by atoms with Crippen LogP contribution in [0.3, 0.4) is 0 Å². The maximum Gasteiger partial charge on any atom is 0.184 e. The maximum absolute atomic E-state index is 8.80. The zero-order chi connectivity index (χ0) is 6.57. The van der Waals surface area contributed by atoms with E-state index in [4.69, 9.17) is 5.11 Å². The summed E-state index contributed by atoms with van der Waals surface area (Å²) in [6, 6.07) is 0.551. The van der Waals surface area contributed by atoms with Crippen LogP contribution in [0.5, 0.6) is 0 Å². The van der Waals surface area contributed by atoms with E-state index in [2.05, 4.69) is 13.8 Å². The van der Waals surface area contributed by atoms with Gasteiger partial charge in [0.2, 0.25) is 0 Å². The standard InChI is InChI=1S/C6H15NO.BrH/c1-4-5(2)7-6(3)8;/h5-8H,4H2,1-3H3;1H. The average Bonchev–Trinajstić information content (AvgIpc) is 1.65. The highest BCUT2D eigenvalue weighted by Crippen LogP contribution is 1.78. The van der Waals surface area contributed by atoms with Crippen LogP contribution in [0.15, 0.2) is 0 Å². The van der Waals surface area contributed by atoms with Crippen LogP contribution in [-0.2, 0) is 0 Å². The fourth-order valence-corrected chi connectivity index (χ4v) is 0.612. The third-order valence-corrected chi connectivity index (χ3v) is 1.25. The van der Waals surface area contributed by atoms with Crippen LogP contribution in [0.2, 0.25) is 0 Å². The molecule has 0 aromatic heterocycles. The van der Waals surface area contributed by atoms with Gasteiger partial charge in [-0.05, 0) is 13.3 Å². The third-order valence-electron chi connectivity index (χ3n) is 1.25. The Hall–Kier alpha value is 0.400. The second-order valence-electron chi connectivity index (χ2n) is 2.32. The van der Waals surface area contributed by atoms with Crippen molar-refractivity contribution in [1.29, 1.82) is 0 Å². The Morgan fingerprint density at radius 2 is 1.89 bits per heavy atom. The molecule has 2 nitrogen and oxygen atoms in total. The van der Waals surface area contributed by atoms with E-state index in [1.54, 1.807) is 6.92 Å². The molecule has 0 aliphatic heterocycles. The van der Waals surface area contributed by atoms with Gasteiger partial charge in [-0.15, -0.1) is 0 Å². The zero-order valence-corrected chi connectivity index (χ0v) is 7.85. The number of nitrogens with two attached hydrogens (primary N) is 1. The molecule has 0 saturated carbocycles. The molecule has 0 aliphatic rings. The van der Waals surface area contributed by atoms with Crippen LogP contribution in [0.1, 0.15) is 27.2 Å². The van der Waals surface area contributed by atoms with Gasteiger partial charge in [0.15, 0.2) is 6.23 Å². The Balaban J connectivity index is 0. The molecular formula is C6H16BrNO. The van der Waals surface area contributed by atoms with Crippen molar-refractivity contribution in [1.82, 2.24) is 0 Å². The Labute approximate surface area is 67.4 Å². The van der Waals surface area contributed by atoms with Crippen molar-refractivity contribution in [2.75, 3.05) is 0 Å². The first kappa shape index (κ1) is 12.1. The van der Waals surface area contributed by atoms with Gasteiger partial charge in [0.05, 0.1) is 6.04 Å². The highest BCUT2D eigenvalue weighted by atomic mass is 79.9. The largest absolute Gasteiger partial charge is 1.00 e. The molecule has 0 radical (unpaired) electrons. The van der Waals surface area contributed by atoms with E-state index < -0.39 is 0 Å². The highest BCUT2D eigenvalue weighted by Gasteiger charge is 2.03. The summed E-state index contributed by atoms with van der Waals surface area (Å²) in [7, 11) is 0. The fourth-order valence-electron chi connectivity index (χ4n) is 0.612. The lowest BCUT2D eigenvalue weighted by Gasteiger charge is -2.08. The quantitative estimate of drug-likeness (QED) is 0.458. The van der Waals surface area contributed by atoms with Gasteiger partial charge in [-0.3, -0.25) is 0 Å². The number of aliphatic hydroxyl groups excluding tert-OH is 1. The van der Waals surface area contributed by atoms with Gasteiger partial charge in [0.25, 0.3) is 0 Å². The molecule has 0 aliphatic carbocycles. The summed E-state index contributed by atoms with van der Waals surface area (Å²) in [6.45, 7) is 6.00. The minimum absolute atomic E-state index is 0. The van der Waals surface area contributed by atoms with Crippen LogP contribution in [0, 0.1) is 0 Å². The summed E-state index contributed by atoms with van der Waals surface area (Å²) in [5.41, 5.74) is 0. The smallest absolute Gasteiger partial charge is 0.184 e. The first-order valence-corrected chi connectivity index (χ1v) is 3.19. The summed E-state index contributed by atoms with van der Waals surface area (Å²) >= 11 is 0. The van der Waals surface area contributed by atoms with Gasteiger partial charge in [0, 0.05) is 6.92 Å². The van der Waals surface area contributed by atoms with E-state index in [0.717, 1.165) is 6.42 Å². The fraction of sp³-hybridized carbons (Fsp3) is 1.00. The van der Waals surface area contributed by atoms with E-state index in [9.17, 15) is 0 Å². The molecule has 3 heteroatoms. The molecule has 9 heavy (non-hydrogen) atoms. The van der Waals surface area contributed by atoms with Crippen molar-refractivity contribution in [3.8, 4) is 0 Å². The molecule has 0 aromatic carbocycles. The molecule has 2 atom stereocenters. The second-order valence-corrected chi connectivity index (χ2v) is 2.32. The van der Waals surface area contributed by atoms with Gasteiger partial charge < -0.3 is 27.4 Å². The minimum Gasteiger partial charge on any atom is -1.00 e. The van der Waals surface area contributed by atoms with Gasteiger partial charge >= 0.3 is 0 Å². The summed E-state index contributed by atoms with van der Waals surface area (Å²) < 4.78 is 0. The molecule has 3 N–H and O–H groups in total. The molecule has 0 rings (SSSR count). The summed E-state index contributed by atoms with van der Waals surface area (Å²) in [5.74, 6) is 0. The number of hydrogen-bond acceptors (Lipinski definition) is 1. The summed E-state index contributed by atoms with van der Waals surface area (Å²) in [6.07, 6.45) is 0.871. The third kappa shape index (κ3) is 8.40. The van der Waals surface area contributed by atoms with E-state index in [1.165, 1.54) is 0 Å².